The number of sulfonamides is 1. The van der Waals surface area contributed by atoms with Crippen LogP contribution in [0.2, 0.25) is 0 Å². The van der Waals surface area contributed by atoms with Crippen LogP contribution in [0, 0.1) is 0 Å². The Bertz CT molecular complexity index is 1200. The van der Waals surface area contributed by atoms with Gasteiger partial charge in [0.15, 0.2) is 9.84 Å². The minimum atomic E-state index is -4.52. The molecule has 0 atom stereocenters. The van der Waals surface area contributed by atoms with E-state index in [0.717, 1.165) is 6.07 Å². The SMILES string of the molecule is COc1cc(OC)nc(NC(=O)NS(=O)(=O)c2cccc3c2S(=O)(=O)C(C)(C)C3)n1. The van der Waals surface area contributed by atoms with E-state index in [1.807, 2.05) is 0 Å². The summed E-state index contributed by atoms with van der Waals surface area (Å²) in [5.41, 5.74) is 0.379. The number of nitrogens with one attached hydrogen (secondary N) is 2. The predicted octanol–water partition coefficient (Wildman–Crippen LogP) is 1.11. The van der Waals surface area contributed by atoms with Crippen molar-refractivity contribution in [1.82, 2.24) is 14.7 Å². The summed E-state index contributed by atoms with van der Waals surface area (Å²) in [6, 6.07) is 4.30. The largest absolute Gasteiger partial charge is 0.481 e. The lowest BCUT2D eigenvalue weighted by molar-refractivity contribution is 0.256. The number of sulfone groups is 1. The maximum absolute atomic E-state index is 12.9. The maximum Gasteiger partial charge on any atom is 0.335 e. The summed E-state index contributed by atoms with van der Waals surface area (Å²) in [7, 11) is -5.75. The van der Waals surface area contributed by atoms with Crippen LogP contribution in [0.1, 0.15) is 19.4 Å². The first-order valence-corrected chi connectivity index (χ1v) is 11.6. The van der Waals surface area contributed by atoms with Crippen LogP contribution < -0.4 is 19.5 Å². The summed E-state index contributed by atoms with van der Waals surface area (Å²) in [6.07, 6.45) is 0.164. The molecular weight excluding hydrogens is 436 g/mol. The molecule has 2 amide bonds. The second-order valence-electron chi connectivity index (χ2n) is 7.02. The van der Waals surface area contributed by atoms with Crippen molar-refractivity contribution in [3.8, 4) is 11.8 Å². The molecule has 0 unspecified atom stereocenters. The Labute approximate surface area is 173 Å². The molecule has 30 heavy (non-hydrogen) atoms. The zero-order valence-electron chi connectivity index (χ0n) is 16.6. The Balaban J connectivity index is 1.91. The predicted molar refractivity (Wildman–Crippen MR) is 106 cm³/mol. The van der Waals surface area contributed by atoms with E-state index in [4.69, 9.17) is 9.47 Å². The number of amides is 2. The molecule has 0 saturated heterocycles. The van der Waals surface area contributed by atoms with Crippen LogP contribution >= 0.6 is 0 Å². The van der Waals surface area contributed by atoms with Crippen molar-refractivity contribution >= 4 is 31.8 Å². The van der Waals surface area contributed by atoms with E-state index in [-0.39, 0.29) is 29.0 Å². The highest BCUT2D eigenvalue weighted by Crippen LogP contribution is 2.42. The van der Waals surface area contributed by atoms with Crippen LogP contribution in [-0.4, -0.2) is 51.8 Å². The summed E-state index contributed by atoms with van der Waals surface area (Å²) in [6.45, 7) is 3.04. The molecular formula is C17H20N4O7S2. The first kappa shape index (κ1) is 21.8. The van der Waals surface area contributed by atoms with E-state index in [9.17, 15) is 21.6 Å². The number of fused-ring (bicyclic) bond motifs is 1. The number of benzene rings is 1. The summed E-state index contributed by atoms with van der Waals surface area (Å²) in [5.74, 6) is -0.116. The van der Waals surface area contributed by atoms with Gasteiger partial charge < -0.3 is 9.47 Å². The van der Waals surface area contributed by atoms with Crippen molar-refractivity contribution in [3.63, 3.8) is 0 Å². The van der Waals surface area contributed by atoms with Crippen molar-refractivity contribution in [2.45, 2.75) is 34.8 Å². The number of anilines is 1. The summed E-state index contributed by atoms with van der Waals surface area (Å²) in [5, 5.41) is 2.16. The fraction of sp³-hybridized carbons (Fsp3) is 0.353. The molecule has 3 rings (SSSR count). The summed E-state index contributed by atoms with van der Waals surface area (Å²) in [4.78, 5) is 19.2. The van der Waals surface area contributed by atoms with Crippen LogP contribution in [-0.2, 0) is 26.3 Å². The van der Waals surface area contributed by atoms with Gasteiger partial charge in [-0.25, -0.2) is 26.4 Å². The van der Waals surface area contributed by atoms with Crippen molar-refractivity contribution < 1.29 is 31.1 Å². The molecule has 13 heteroatoms. The van der Waals surface area contributed by atoms with Gasteiger partial charge in [-0.05, 0) is 31.9 Å². The minimum absolute atomic E-state index is 0.0780. The maximum atomic E-state index is 12.9. The smallest absolute Gasteiger partial charge is 0.335 e. The van der Waals surface area contributed by atoms with Gasteiger partial charge in [0.2, 0.25) is 17.7 Å². The Morgan fingerprint density at radius 2 is 1.73 bits per heavy atom. The van der Waals surface area contributed by atoms with Crippen LogP contribution in [0.5, 0.6) is 11.8 Å². The second-order valence-corrected chi connectivity index (χ2v) is 11.2. The molecule has 162 valence electrons. The van der Waals surface area contributed by atoms with Gasteiger partial charge >= 0.3 is 6.03 Å². The molecule has 0 fully saturated rings. The number of carbonyl (C=O) groups excluding carboxylic acids is 1. The van der Waals surface area contributed by atoms with Crippen molar-refractivity contribution in [2.24, 2.45) is 0 Å². The lowest BCUT2D eigenvalue weighted by Gasteiger charge is -2.16. The van der Waals surface area contributed by atoms with Gasteiger partial charge in [0.1, 0.15) is 4.90 Å². The summed E-state index contributed by atoms with van der Waals surface area (Å²) < 4.78 is 61.9. The van der Waals surface area contributed by atoms with Crippen LogP contribution in [0.25, 0.3) is 0 Å². The summed E-state index contributed by atoms with van der Waals surface area (Å²) >= 11 is 0. The topological polar surface area (TPSA) is 154 Å². The second kappa shape index (κ2) is 7.40. The lowest BCUT2D eigenvalue weighted by atomic mass is 10.0. The fourth-order valence-corrected chi connectivity index (χ4v) is 6.43. The molecule has 11 nitrogen and oxygen atoms in total. The van der Waals surface area contributed by atoms with Gasteiger partial charge in [-0.3, -0.25) is 5.32 Å². The zero-order valence-corrected chi connectivity index (χ0v) is 18.2. The van der Waals surface area contributed by atoms with Crippen molar-refractivity contribution in [2.75, 3.05) is 19.5 Å². The Kier molecular flexibility index (Phi) is 5.37. The highest BCUT2D eigenvalue weighted by atomic mass is 32.2. The molecule has 1 aliphatic rings. The van der Waals surface area contributed by atoms with E-state index < -0.39 is 35.5 Å². The third kappa shape index (κ3) is 3.77. The normalized spacial score (nSPS) is 16.4. The number of ether oxygens (including phenoxy) is 2. The average molecular weight is 457 g/mol. The van der Waals surface area contributed by atoms with Crippen molar-refractivity contribution in [1.29, 1.82) is 0 Å². The highest BCUT2D eigenvalue weighted by Gasteiger charge is 2.47. The van der Waals surface area contributed by atoms with E-state index >= 15 is 0 Å². The number of hydrogen-bond donors (Lipinski definition) is 2. The quantitative estimate of drug-likeness (QED) is 0.673. The minimum Gasteiger partial charge on any atom is -0.481 e. The van der Waals surface area contributed by atoms with Crippen molar-refractivity contribution in [3.05, 3.63) is 29.8 Å². The highest BCUT2D eigenvalue weighted by molar-refractivity contribution is 7.95. The standard InChI is InChI=1S/C17H20N4O7S2/c1-17(2)9-10-6-5-7-11(14(10)29(17,23)24)30(25,26)21-16(22)20-15-18-12(27-3)8-13(19-15)28-4/h5-8H,9H2,1-4H3,(H2,18,19,20,21,22). The number of aromatic nitrogens is 2. The Morgan fingerprint density at radius 1 is 1.13 bits per heavy atom. The molecule has 0 bridgehead atoms. The number of rotatable bonds is 5. The fourth-order valence-electron chi connectivity index (χ4n) is 3.02. The van der Waals surface area contributed by atoms with Gasteiger partial charge in [-0.1, -0.05) is 12.1 Å². The van der Waals surface area contributed by atoms with Gasteiger partial charge in [0.25, 0.3) is 10.0 Å². The third-order valence-corrected chi connectivity index (χ3v) is 8.63. The van der Waals surface area contributed by atoms with Gasteiger partial charge in [0.05, 0.1) is 29.9 Å². The van der Waals surface area contributed by atoms with E-state index in [1.165, 1.54) is 40.2 Å². The van der Waals surface area contributed by atoms with Crippen LogP contribution in [0.3, 0.4) is 0 Å². The molecule has 0 radical (unpaired) electrons. The lowest BCUT2D eigenvalue weighted by Crippen LogP contribution is -2.36. The van der Waals surface area contributed by atoms with E-state index in [1.54, 1.807) is 10.8 Å². The number of carbonyl (C=O) groups is 1. The third-order valence-electron chi connectivity index (χ3n) is 4.51. The average Bonchev–Trinajstić information content (AvgIpc) is 2.84. The van der Waals surface area contributed by atoms with Gasteiger partial charge in [-0.2, -0.15) is 9.97 Å². The van der Waals surface area contributed by atoms with Gasteiger partial charge in [-0.15, -0.1) is 0 Å². The first-order valence-electron chi connectivity index (χ1n) is 8.58. The number of hydrogen-bond acceptors (Lipinski definition) is 9. The number of methoxy groups -OCH3 is 2. The van der Waals surface area contributed by atoms with Crippen LogP contribution in [0.15, 0.2) is 34.1 Å². The van der Waals surface area contributed by atoms with Crippen LogP contribution in [0.4, 0.5) is 10.7 Å². The number of urea groups is 1. The molecule has 2 aromatic rings. The van der Waals surface area contributed by atoms with E-state index in [2.05, 4.69) is 15.3 Å². The molecule has 1 aromatic carbocycles. The Hall–Kier alpha value is -2.93. The molecule has 2 heterocycles. The molecule has 0 saturated carbocycles. The van der Waals surface area contributed by atoms with E-state index in [0.29, 0.717) is 5.56 Å². The molecule has 0 aliphatic carbocycles. The molecule has 2 N–H and O–H groups in total. The number of nitrogens with zero attached hydrogens (tertiary/aromatic N) is 2. The molecule has 1 aliphatic heterocycles. The van der Waals surface area contributed by atoms with Gasteiger partial charge in [0, 0.05) is 0 Å². The molecule has 1 aromatic heterocycles. The molecule has 0 spiro atoms. The Morgan fingerprint density at radius 3 is 2.30 bits per heavy atom. The monoisotopic (exact) mass is 456 g/mol. The first-order chi connectivity index (χ1) is 13.9. The zero-order chi connectivity index (χ0) is 22.3.